The van der Waals surface area contributed by atoms with Gasteiger partial charge in [-0.25, -0.2) is 0 Å². The van der Waals surface area contributed by atoms with E-state index in [1.165, 1.54) is 0 Å². The Morgan fingerprint density at radius 3 is 2.86 bits per heavy atom. The number of carbonyl (C=O) groups is 1. The Kier molecular flexibility index (Phi) is 4.97. The molecule has 1 aliphatic heterocycles. The summed E-state index contributed by atoms with van der Waals surface area (Å²) in [6.07, 6.45) is 3.31. The van der Waals surface area contributed by atoms with E-state index in [4.69, 9.17) is 16.3 Å². The number of methoxy groups -OCH3 is 1. The zero-order chi connectivity index (χ0) is 19.7. The third-order valence-corrected chi connectivity index (χ3v) is 5.48. The fourth-order valence-electron chi connectivity index (χ4n) is 3.70. The number of hydrogen-bond donors (Lipinski definition) is 1. The van der Waals surface area contributed by atoms with Gasteiger partial charge in [0.2, 0.25) is 0 Å². The summed E-state index contributed by atoms with van der Waals surface area (Å²) in [5.74, 6) is 1.04. The van der Waals surface area contributed by atoms with Crippen molar-refractivity contribution < 1.29 is 14.6 Å². The van der Waals surface area contributed by atoms with E-state index in [2.05, 4.69) is 0 Å². The predicted molar refractivity (Wildman–Crippen MR) is 113 cm³/mol. The maximum Gasteiger partial charge on any atom is 0.251 e. The molecule has 0 bridgehead atoms. The number of phenols is 1. The van der Waals surface area contributed by atoms with Crippen LogP contribution in [0.15, 0.2) is 60.7 Å². The lowest BCUT2D eigenvalue weighted by Crippen LogP contribution is -2.28. The minimum atomic E-state index is -0.147. The summed E-state index contributed by atoms with van der Waals surface area (Å²) in [6.45, 7) is 0.448. The molecule has 4 nitrogen and oxygen atoms in total. The van der Waals surface area contributed by atoms with Crippen LogP contribution < -0.4 is 9.64 Å². The third-order valence-electron chi connectivity index (χ3n) is 5.11. The molecule has 5 heteroatoms. The number of amides is 1. The largest absolute Gasteiger partial charge is 0.507 e. The molecule has 0 fully saturated rings. The number of fused-ring (bicyclic) bond motifs is 2. The molecule has 28 heavy (non-hydrogen) atoms. The van der Waals surface area contributed by atoms with Crippen LogP contribution in [0.4, 0.5) is 5.69 Å². The summed E-state index contributed by atoms with van der Waals surface area (Å²) < 4.78 is 5.22. The van der Waals surface area contributed by atoms with Gasteiger partial charge in [-0.3, -0.25) is 4.79 Å². The molecule has 3 aromatic carbocycles. The molecule has 0 radical (unpaired) electrons. The number of benzene rings is 3. The van der Waals surface area contributed by atoms with Crippen LogP contribution in [0.3, 0.4) is 0 Å². The molecule has 1 heterocycles. The Bertz CT molecular complexity index is 1080. The monoisotopic (exact) mass is 393 g/mol. The Hall–Kier alpha value is -2.98. The van der Waals surface area contributed by atoms with Crippen molar-refractivity contribution in [2.45, 2.75) is 5.92 Å². The van der Waals surface area contributed by atoms with Crippen LogP contribution >= 0.6 is 11.6 Å². The first kappa shape index (κ1) is 18.4. The number of carbonyl (C=O) groups excluding carboxylic acids is 1. The van der Waals surface area contributed by atoms with Crippen LogP contribution in [0.25, 0.3) is 16.8 Å². The van der Waals surface area contributed by atoms with E-state index >= 15 is 0 Å². The van der Waals surface area contributed by atoms with Gasteiger partial charge in [0.1, 0.15) is 11.5 Å². The first-order valence-corrected chi connectivity index (χ1v) is 9.60. The second kappa shape index (κ2) is 7.56. The molecule has 0 aromatic heterocycles. The molecule has 4 rings (SSSR count). The molecular weight excluding hydrogens is 374 g/mol. The van der Waals surface area contributed by atoms with Crippen molar-refractivity contribution in [1.82, 2.24) is 0 Å². The number of alkyl halides is 1. The van der Waals surface area contributed by atoms with Crippen molar-refractivity contribution in [2.24, 2.45) is 0 Å². The summed E-state index contributed by atoms with van der Waals surface area (Å²) in [6, 6.07) is 17.1. The van der Waals surface area contributed by atoms with E-state index in [1.54, 1.807) is 24.2 Å². The number of phenolic OH excluding ortho intramolecular Hbond substituents is 1. The summed E-state index contributed by atoms with van der Waals surface area (Å²) in [7, 11) is 1.61. The second-order valence-corrected chi connectivity index (χ2v) is 7.10. The lowest BCUT2D eigenvalue weighted by molar-refractivity contribution is -0.114. The number of halogens is 1. The molecule has 0 saturated carbocycles. The second-order valence-electron chi connectivity index (χ2n) is 6.79. The highest BCUT2D eigenvalue weighted by Crippen LogP contribution is 2.46. The SMILES string of the molecule is COc1cccc(/C=C/C(=O)N2C[C@H](CCl)c3c2cc2ccccc2c3O)c1. The Labute approximate surface area is 168 Å². The molecule has 3 aromatic rings. The van der Waals surface area contributed by atoms with Gasteiger partial charge in [0.05, 0.1) is 12.8 Å². The average molecular weight is 394 g/mol. The van der Waals surface area contributed by atoms with Crippen LogP contribution in [0, 0.1) is 0 Å². The highest BCUT2D eigenvalue weighted by atomic mass is 35.5. The highest BCUT2D eigenvalue weighted by Gasteiger charge is 2.34. The molecule has 0 saturated heterocycles. The summed E-state index contributed by atoms with van der Waals surface area (Å²) in [5.41, 5.74) is 2.35. The van der Waals surface area contributed by atoms with Crippen molar-refractivity contribution in [2.75, 3.05) is 24.4 Å². The summed E-state index contributed by atoms with van der Waals surface area (Å²) in [5, 5.41) is 12.5. The first-order valence-electron chi connectivity index (χ1n) is 9.06. The summed E-state index contributed by atoms with van der Waals surface area (Å²) >= 11 is 6.15. The number of hydrogen-bond acceptors (Lipinski definition) is 3. The van der Waals surface area contributed by atoms with Crippen LogP contribution in [-0.4, -0.2) is 30.5 Å². The van der Waals surface area contributed by atoms with Gasteiger partial charge >= 0.3 is 0 Å². The number of aromatic hydroxyl groups is 1. The van der Waals surface area contributed by atoms with Gasteiger partial charge in [-0.1, -0.05) is 36.4 Å². The van der Waals surface area contributed by atoms with Crippen molar-refractivity contribution in [3.05, 3.63) is 71.8 Å². The number of nitrogens with zero attached hydrogens (tertiary/aromatic N) is 1. The van der Waals surface area contributed by atoms with Gasteiger partial charge in [-0.15, -0.1) is 11.6 Å². The van der Waals surface area contributed by atoms with E-state index in [0.717, 1.165) is 33.3 Å². The van der Waals surface area contributed by atoms with E-state index in [1.807, 2.05) is 54.6 Å². The maximum absolute atomic E-state index is 12.9. The molecule has 0 aliphatic carbocycles. The van der Waals surface area contributed by atoms with Gasteiger partial charge in [-0.05, 0) is 35.2 Å². The van der Waals surface area contributed by atoms with Crippen molar-refractivity contribution >= 4 is 40.0 Å². The Morgan fingerprint density at radius 2 is 2.07 bits per heavy atom. The molecular formula is C23H20ClNO3. The van der Waals surface area contributed by atoms with Crippen LogP contribution in [-0.2, 0) is 4.79 Å². The number of anilines is 1. The topological polar surface area (TPSA) is 49.8 Å². The molecule has 1 aliphatic rings. The summed E-state index contributed by atoms with van der Waals surface area (Å²) in [4.78, 5) is 14.6. The Morgan fingerprint density at radius 1 is 1.25 bits per heavy atom. The van der Waals surface area contributed by atoms with Gasteiger partial charge in [0.25, 0.3) is 5.91 Å². The van der Waals surface area contributed by atoms with Crippen molar-refractivity contribution in [3.63, 3.8) is 0 Å². The molecule has 1 N–H and O–H groups in total. The van der Waals surface area contributed by atoms with Crippen molar-refractivity contribution in [3.8, 4) is 11.5 Å². The minimum Gasteiger partial charge on any atom is -0.507 e. The fraction of sp³-hybridized carbons (Fsp3) is 0.174. The molecule has 1 atom stereocenters. The molecule has 142 valence electrons. The highest BCUT2D eigenvalue weighted by molar-refractivity contribution is 6.19. The average Bonchev–Trinajstić information content (AvgIpc) is 3.11. The minimum absolute atomic E-state index is 0.101. The lowest BCUT2D eigenvalue weighted by Gasteiger charge is -2.16. The van der Waals surface area contributed by atoms with Gasteiger partial charge in [0, 0.05) is 35.4 Å². The van der Waals surface area contributed by atoms with E-state index < -0.39 is 0 Å². The van der Waals surface area contributed by atoms with Gasteiger partial charge in [-0.2, -0.15) is 0 Å². The number of rotatable bonds is 4. The van der Waals surface area contributed by atoms with Crippen LogP contribution in [0.2, 0.25) is 0 Å². The third kappa shape index (κ3) is 3.20. The lowest BCUT2D eigenvalue weighted by atomic mass is 9.97. The normalized spacial score (nSPS) is 15.9. The first-order chi connectivity index (χ1) is 13.6. The van der Waals surface area contributed by atoms with Gasteiger partial charge < -0.3 is 14.7 Å². The smallest absolute Gasteiger partial charge is 0.251 e. The maximum atomic E-state index is 12.9. The van der Waals surface area contributed by atoms with Crippen LogP contribution in [0.5, 0.6) is 11.5 Å². The Balaban J connectivity index is 1.70. The zero-order valence-electron chi connectivity index (χ0n) is 15.4. The van der Waals surface area contributed by atoms with Crippen LogP contribution in [0.1, 0.15) is 17.0 Å². The molecule has 1 amide bonds. The standard InChI is InChI=1S/C23H20ClNO3/c1-28-18-7-4-5-15(11-18)9-10-21(26)25-14-17(13-24)22-20(25)12-16-6-2-3-8-19(16)23(22)27/h2-12,17,27H,13-14H2,1H3/b10-9+/t17-/m0/s1. The van der Waals surface area contributed by atoms with E-state index in [9.17, 15) is 9.90 Å². The zero-order valence-corrected chi connectivity index (χ0v) is 16.2. The predicted octanol–water partition coefficient (Wildman–Crippen LogP) is 4.94. The van der Waals surface area contributed by atoms with E-state index in [-0.39, 0.29) is 17.6 Å². The van der Waals surface area contributed by atoms with Crippen molar-refractivity contribution in [1.29, 1.82) is 0 Å². The quantitative estimate of drug-likeness (QED) is 0.504. The molecule has 0 spiro atoms. The van der Waals surface area contributed by atoms with Gasteiger partial charge in [0.15, 0.2) is 0 Å². The van der Waals surface area contributed by atoms with E-state index in [0.29, 0.717) is 12.4 Å². The molecule has 0 unspecified atom stereocenters. The fourth-order valence-corrected chi connectivity index (χ4v) is 3.95. The number of ether oxygens (including phenoxy) is 1.